The van der Waals surface area contributed by atoms with Gasteiger partial charge in [0.15, 0.2) is 11.5 Å². The molecule has 1 aromatic carbocycles. The van der Waals surface area contributed by atoms with Crippen molar-refractivity contribution in [2.24, 2.45) is 0 Å². The standard InChI is InChI=1S/C15H17NO4/c17-14(16-5-7-18-8-6-16)15(3-4-15)11-1-2-12-13(9-11)20-10-19-12/h1-2,9H,3-8,10H2. The van der Waals surface area contributed by atoms with E-state index in [9.17, 15) is 4.79 Å². The van der Waals surface area contributed by atoms with Crippen molar-refractivity contribution in [1.29, 1.82) is 0 Å². The predicted octanol–water partition coefficient (Wildman–Crippen LogP) is 1.31. The molecule has 20 heavy (non-hydrogen) atoms. The highest BCUT2D eigenvalue weighted by molar-refractivity contribution is 5.91. The van der Waals surface area contributed by atoms with Crippen LogP contribution in [0.1, 0.15) is 18.4 Å². The zero-order valence-corrected chi connectivity index (χ0v) is 11.3. The van der Waals surface area contributed by atoms with Gasteiger partial charge < -0.3 is 19.1 Å². The lowest BCUT2D eigenvalue weighted by atomic mass is 9.93. The molecule has 0 spiro atoms. The van der Waals surface area contributed by atoms with Crippen LogP contribution >= 0.6 is 0 Å². The summed E-state index contributed by atoms with van der Waals surface area (Å²) in [6, 6.07) is 5.87. The van der Waals surface area contributed by atoms with E-state index in [-0.39, 0.29) is 18.1 Å². The van der Waals surface area contributed by atoms with E-state index in [2.05, 4.69) is 0 Å². The maximum absolute atomic E-state index is 12.8. The zero-order chi connectivity index (χ0) is 13.6. The predicted molar refractivity (Wildman–Crippen MR) is 70.9 cm³/mol. The monoisotopic (exact) mass is 275 g/mol. The maximum Gasteiger partial charge on any atom is 0.233 e. The summed E-state index contributed by atoms with van der Waals surface area (Å²) in [5, 5.41) is 0. The van der Waals surface area contributed by atoms with E-state index >= 15 is 0 Å². The molecular weight excluding hydrogens is 258 g/mol. The number of benzene rings is 1. The third kappa shape index (κ3) is 1.77. The fraction of sp³-hybridized carbons (Fsp3) is 0.533. The Labute approximate surface area is 117 Å². The minimum atomic E-state index is -0.335. The Kier molecular flexibility index (Phi) is 2.63. The summed E-state index contributed by atoms with van der Waals surface area (Å²) in [5.41, 5.74) is 0.719. The number of amides is 1. The number of hydrogen-bond donors (Lipinski definition) is 0. The molecule has 1 aliphatic carbocycles. The first kappa shape index (κ1) is 12.0. The first-order chi connectivity index (χ1) is 9.79. The summed E-state index contributed by atoms with van der Waals surface area (Å²) in [4.78, 5) is 14.7. The smallest absolute Gasteiger partial charge is 0.233 e. The van der Waals surface area contributed by atoms with Gasteiger partial charge in [0.1, 0.15) is 0 Å². The summed E-state index contributed by atoms with van der Waals surface area (Å²) >= 11 is 0. The highest BCUT2D eigenvalue weighted by atomic mass is 16.7. The minimum Gasteiger partial charge on any atom is -0.454 e. The molecule has 1 saturated heterocycles. The number of rotatable bonds is 2. The van der Waals surface area contributed by atoms with Crippen LogP contribution in [0.25, 0.3) is 0 Å². The quantitative estimate of drug-likeness (QED) is 0.816. The van der Waals surface area contributed by atoms with Crippen LogP contribution in [0, 0.1) is 0 Å². The number of nitrogens with zero attached hydrogens (tertiary/aromatic N) is 1. The highest BCUT2D eigenvalue weighted by Crippen LogP contribution is 2.51. The average molecular weight is 275 g/mol. The SMILES string of the molecule is O=C(N1CCOCC1)C1(c2ccc3c(c2)OCO3)CC1. The Morgan fingerprint density at radius 2 is 1.85 bits per heavy atom. The second kappa shape index (κ2) is 4.38. The number of ether oxygens (including phenoxy) is 3. The van der Waals surface area contributed by atoms with Crippen molar-refractivity contribution in [3.63, 3.8) is 0 Å². The summed E-state index contributed by atoms with van der Waals surface area (Å²) in [6.45, 7) is 2.95. The Balaban J connectivity index is 1.61. The first-order valence-electron chi connectivity index (χ1n) is 7.07. The summed E-state index contributed by atoms with van der Waals surface area (Å²) in [7, 11) is 0. The van der Waals surface area contributed by atoms with E-state index in [1.807, 2.05) is 23.1 Å². The van der Waals surface area contributed by atoms with Crippen LogP contribution < -0.4 is 9.47 Å². The minimum absolute atomic E-state index is 0.236. The molecule has 1 amide bonds. The second-order valence-electron chi connectivity index (χ2n) is 5.55. The van der Waals surface area contributed by atoms with E-state index in [0.29, 0.717) is 26.3 Å². The van der Waals surface area contributed by atoms with Crippen molar-refractivity contribution in [2.45, 2.75) is 18.3 Å². The van der Waals surface area contributed by atoms with Gasteiger partial charge in [0.05, 0.1) is 18.6 Å². The van der Waals surface area contributed by atoms with Crippen molar-refractivity contribution in [3.8, 4) is 11.5 Å². The highest BCUT2D eigenvalue weighted by Gasteiger charge is 2.53. The average Bonchev–Trinajstić information content (AvgIpc) is 3.18. The molecule has 0 unspecified atom stereocenters. The van der Waals surface area contributed by atoms with Gasteiger partial charge in [0, 0.05) is 13.1 Å². The molecule has 0 N–H and O–H groups in total. The van der Waals surface area contributed by atoms with Gasteiger partial charge in [0.25, 0.3) is 0 Å². The lowest BCUT2D eigenvalue weighted by molar-refractivity contribution is -0.138. The van der Waals surface area contributed by atoms with Crippen molar-refractivity contribution in [1.82, 2.24) is 4.90 Å². The van der Waals surface area contributed by atoms with Gasteiger partial charge in [-0.2, -0.15) is 0 Å². The Hall–Kier alpha value is -1.75. The van der Waals surface area contributed by atoms with Crippen LogP contribution in [0.2, 0.25) is 0 Å². The van der Waals surface area contributed by atoms with E-state index in [4.69, 9.17) is 14.2 Å². The normalized spacial score (nSPS) is 22.7. The number of fused-ring (bicyclic) bond motifs is 1. The van der Waals surface area contributed by atoms with E-state index in [0.717, 1.165) is 29.9 Å². The third-order valence-electron chi connectivity index (χ3n) is 4.38. The molecule has 0 aromatic heterocycles. The summed E-state index contributed by atoms with van der Waals surface area (Å²) < 4.78 is 16.1. The largest absolute Gasteiger partial charge is 0.454 e. The molecular formula is C15H17NO4. The van der Waals surface area contributed by atoms with Gasteiger partial charge in [-0.15, -0.1) is 0 Å². The van der Waals surface area contributed by atoms with E-state index in [1.54, 1.807) is 0 Å². The third-order valence-corrected chi connectivity index (χ3v) is 4.38. The molecule has 2 aliphatic heterocycles. The Bertz CT molecular complexity index is 547. The van der Waals surface area contributed by atoms with Crippen LogP contribution in [0.15, 0.2) is 18.2 Å². The molecule has 0 bridgehead atoms. The van der Waals surface area contributed by atoms with E-state index < -0.39 is 0 Å². The van der Waals surface area contributed by atoms with E-state index in [1.165, 1.54) is 0 Å². The fourth-order valence-electron chi connectivity index (χ4n) is 3.01. The second-order valence-corrected chi connectivity index (χ2v) is 5.55. The van der Waals surface area contributed by atoms with Crippen LogP contribution in [0.3, 0.4) is 0 Å². The molecule has 5 nitrogen and oxygen atoms in total. The number of morpholine rings is 1. The van der Waals surface area contributed by atoms with Gasteiger partial charge in [-0.25, -0.2) is 0 Å². The van der Waals surface area contributed by atoms with Gasteiger partial charge in [-0.05, 0) is 30.5 Å². The van der Waals surface area contributed by atoms with Crippen LogP contribution in [0.4, 0.5) is 0 Å². The molecule has 2 fully saturated rings. The number of carbonyl (C=O) groups excluding carboxylic acids is 1. The molecule has 2 heterocycles. The van der Waals surface area contributed by atoms with Crippen molar-refractivity contribution >= 4 is 5.91 Å². The molecule has 1 aromatic rings. The Morgan fingerprint density at radius 1 is 1.10 bits per heavy atom. The summed E-state index contributed by atoms with van der Waals surface area (Å²) in [5.74, 6) is 1.76. The number of hydrogen-bond acceptors (Lipinski definition) is 4. The molecule has 1 saturated carbocycles. The molecule has 4 rings (SSSR count). The van der Waals surface area contributed by atoms with Gasteiger partial charge in [0.2, 0.25) is 12.7 Å². The topological polar surface area (TPSA) is 48.0 Å². The fourth-order valence-corrected chi connectivity index (χ4v) is 3.01. The van der Waals surface area contributed by atoms with Crippen molar-refractivity contribution in [2.75, 3.05) is 33.1 Å². The molecule has 0 radical (unpaired) electrons. The molecule has 0 atom stereocenters. The van der Waals surface area contributed by atoms with Crippen LogP contribution in [0.5, 0.6) is 11.5 Å². The van der Waals surface area contributed by atoms with Crippen LogP contribution in [-0.4, -0.2) is 43.9 Å². The van der Waals surface area contributed by atoms with Gasteiger partial charge in [-0.1, -0.05) is 6.07 Å². The number of carbonyl (C=O) groups is 1. The van der Waals surface area contributed by atoms with Gasteiger partial charge >= 0.3 is 0 Å². The Morgan fingerprint density at radius 3 is 2.60 bits per heavy atom. The lowest BCUT2D eigenvalue weighted by Gasteiger charge is -2.30. The van der Waals surface area contributed by atoms with Crippen molar-refractivity contribution < 1.29 is 19.0 Å². The first-order valence-corrected chi connectivity index (χ1v) is 7.07. The van der Waals surface area contributed by atoms with Gasteiger partial charge in [-0.3, -0.25) is 4.79 Å². The van der Waals surface area contributed by atoms with Crippen molar-refractivity contribution in [3.05, 3.63) is 23.8 Å². The van der Waals surface area contributed by atoms with Crippen LogP contribution in [-0.2, 0) is 14.9 Å². The summed E-state index contributed by atoms with van der Waals surface area (Å²) in [6.07, 6.45) is 1.84. The maximum atomic E-state index is 12.8. The zero-order valence-electron chi connectivity index (χ0n) is 11.3. The molecule has 5 heteroatoms. The lowest BCUT2D eigenvalue weighted by Crippen LogP contribution is -2.45. The molecule has 106 valence electrons. The molecule has 3 aliphatic rings.